The molecule has 1 heterocycles. The minimum absolute atomic E-state index is 0.0109. The monoisotopic (exact) mass is 240 g/mol. The van der Waals surface area contributed by atoms with E-state index in [4.69, 9.17) is 5.11 Å². The number of aliphatic carboxylic acids is 1. The molecule has 0 bridgehead atoms. The minimum atomic E-state index is -1.06. The van der Waals surface area contributed by atoms with Gasteiger partial charge in [-0.15, -0.1) is 5.10 Å². The van der Waals surface area contributed by atoms with Crippen molar-refractivity contribution < 1.29 is 14.7 Å². The van der Waals surface area contributed by atoms with Crippen molar-refractivity contribution in [1.82, 2.24) is 20.1 Å². The van der Waals surface area contributed by atoms with Gasteiger partial charge in [-0.2, -0.15) is 0 Å². The van der Waals surface area contributed by atoms with E-state index in [1.165, 1.54) is 4.90 Å². The summed E-state index contributed by atoms with van der Waals surface area (Å²) in [6, 6.07) is 0. The molecule has 0 fully saturated rings. The summed E-state index contributed by atoms with van der Waals surface area (Å²) in [5.41, 5.74) is 0. The van der Waals surface area contributed by atoms with Crippen LogP contribution in [-0.4, -0.2) is 50.2 Å². The number of nitrogens with one attached hydrogen (secondary N) is 1. The molecule has 1 aromatic rings. The first kappa shape index (κ1) is 13.1. The number of H-pyrrole nitrogens is 1. The van der Waals surface area contributed by atoms with E-state index in [0.717, 1.165) is 0 Å². The summed E-state index contributed by atoms with van der Waals surface area (Å²) in [6.07, 6.45) is 0. The number of aromatic amines is 1. The third-order valence-corrected chi connectivity index (χ3v) is 2.24. The predicted molar refractivity (Wildman–Crippen MR) is 59.7 cm³/mol. The van der Waals surface area contributed by atoms with Crippen LogP contribution in [0.5, 0.6) is 0 Å². The normalized spacial score (nSPS) is 10.6. The Kier molecular flexibility index (Phi) is 4.19. The highest BCUT2D eigenvalue weighted by Gasteiger charge is 2.21. The van der Waals surface area contributed by atoms with Gasteiger partial charge in [-0.1, -0.05) is 13.8 Å². The van der Waals surface area contributed by atoms with Crippen molar-refractivity contribution in [3.63, 3.8) is 0 Å². The second kappa shape index (κ2) is 5.42. The van der Waals surface area contributed by atoms with Gasteiger partial charge in [0, 0.05) is 12.5 Å². The van der Waals surface area contributed by atoms with Crippen molar-refractivity contribution >= 4 is 11.9 Å². The number of likely N-dealkylation sites (N-methyl/N-ethyl adjacent to an activating group) is 1. The summed E-state index contributed by atoms with van der Waals surface area (Å²) >= 11 is 0. The molecule has 0 aromatic carbocycles. The molecule has 1 rings (SSSR count). The van der Waals surface area contributed by atoms with E-state index in [2.05, 4.69) is 15.2 Å². The van der Waals surface area contributed by atoms with Crippen molar-refractivity contribution in [3.8, 4) is 0 Å². The fraction of sp³-hybridized carbons (Fsp3) is 0.600. The Morgan fingerprint density at radius 3 is 2.53 bits per heavy atom. The van der Waals surface area contributed by atoms with E-state index >= 15 is 0 Å². The Balaban J connectivity index is 2.82. The number of hydrogen-bond acceptors (Lipinski definition) is 4. The standard InChI is InChI=1S/C10H16N4O3/c1-4-14(5-7(15)16)10(17)9-11-8(6(2)3)12-13-9/h6H,4-5H2,1-3H3,(H,15,16)(H,11,12,13). The Morgan fingerprint density at radius 2 is 2.12 bits per heavy atom. The molecule has 7 nitrogen and oxygen atoms in total. The SMILES string of the molecule is CCN(CC(=O)O)C(=O)c1n[nH]c(C(C)C)n1. The minimum Gasteiger partial charge on any atom is -0.480 e. The first-order valence-electron chi connectivity index (χ1n) is 5.39. The van der Waals surface area contributed by atoms with Crippen LogP contribution in [0.2, 0.25) is 0 Å². The molecule has 0 unspecified atom stereocenters. The maximum atomic E-state index is 11.9. The Labute approximate surface area is 98.8 Å². The topological polar surface area (TPSA) is 99.2 Å². The predicted octanol–water partition coefficient (Wildman–Crippen LogP) is 0.475. The average molecular weight is 240 g/mol. The van der Waals surface area contributed by atoms with Gasteiger partial charge < -0.3 is 10.0 Å². The van der Waals surface area contributed by atoms with Crippen molar-refractivity contribution in [1.29, 1.82) is 0 Å². The van der Waals surface area contributed by atoms with Gasteiger partial charge in [0.2, 0.25) is 5.82 Å². The average Bonchev–Trinajstić information content (AvgIpc) is 2.73. The molecule has 7 heteroatoms. The molecule has 0 atom stereocenters. The number of hydrogen-bond donors (Lipinski definition) is 2. The van der Waals surface area contributed by atoms with Crippen LogP contribution in [0.25, 0.3) is 0 Å². The van der Waals surface area contributed by atoms with Crippen LogP contribution in [0.3, 0.4) is 0 Å². The van der Waals surface area contributed by atoms with Gasteiger partial charge in [0.1, 0.15) is 12.4 Å². The highest BCUT2D eigenvalue weighted by atomic mass is 16.4. The first-order valence-corrected chi connectivity index (χ1v) is 5.39. The van der Waals surface area contributed by atoms with Crippen molar-refractivity contribution in [2.45, 2.75) is 26.7 Å². The van der Waals surface area contributed by atoms with Crippen LogP contribution in [0.1, 0.15) is 43.1 Å². The Hall–Kier alpha value is -1.92. The van der Waals surface area contributed by atoms with Crippen molar-refractivity contribution in [2.75, 3.05) is 13.1 Å². The van der Waals surface area contributed by atoms with Crippen LogP contribution in [-0.2, 0) is 4.79 Å². The lowest BCUT2D eigenvalue weighted by molar-refractivity contribution is -0.137. The van der Waals surface area contributed by atoms with Gasteiger partial charge in [-0.05, 0) is 6.92 Å². The lowest BCUT2D eigenvalue weighted by atomic mass is 10.2. The zero-order valence-electron chi connectivity index (χ0n) is 10.1. The van der Waals surface area contributed by atoms with Gasteiger partial charge in [-0.3, -0.25) is 14.7 Å². The van der Waals surface area contributed by atoms with E-state index in [9.17, 15) is 9.59 Å². The number of carbonyl (C=O) groups is 2. The van der Waals surface area contributed by atoms with Gasteiger partial charge >= 0.3 is 5.97 Å². The van der Waals surface area contributed by atoms with Gasteiger partial charge in [0.15, 0.2) is 0 Å². The molecular weight excluding hydrogens is 224 g/mol. The van der Waals surface area contributed by atoms with Crippen molar-refractivity contribution in [2.24, 2.45) is 0 Å². The first-order chi connectivity index (χ1) is 7.95. The summed E-state index contributed by atoms with van der Waals surface area (Å²) < 4.78 is 0. The van der Waals surface area contributed by atoms with Gasteiger partial charge in [0.25, 0.3) is 5.91 Å². The molecule has 0 spiro atoms. The van der Waals surface area contributed by atoms with Crippen molar-refractivity contribution in [3.05, 3.63) is 11.6 Å². The maximum Gasteiger partial charge on any atom is 0.323 e. The van der Waals surface area contributed by atoms with E-state index in [-0.39, 0.29) is 18.3 Å². The molecular formula is C10H16N4O3. The lowest BCUT2D eigenvalue weighted by Crippen LogP contribution is -2.36. The van der Waals surface area contributed by atoms with Gasteiger partial charge in [0.05, 0.1) is 0 Å². The zero-order valence-corrected chi connectivity index (χ0v) is 10.1. The summed E-state index contributed by atoms with van der Waals surface area (Å²) in [5, 5.41) is 15.1. The van der Waals surface area contributed by atoms with E-state index in [1.807, 2.05) is 13.8 Å². The largest absolute Gasteiger partial charge is 0.480 e. The number of carbonyl (C=O) groups excluding carboxylic acids is 1. The molecule has 94 valence electrons. The van der Waals surface area contributed by atoms with Crippen LogP contribution in [0, 0.1) is 0 Å². The van der Waals surface area contributed by atoms with Gasteiger partial charge in [-0.25, -0.2) is 4.98 Å². The third-order valence-electron chi connectivity index (χ3n) is 2.24. The van der Waals surface area contributed by atoms with Crippen LogP contribution >= 0.6 is 0 Å². The number of carboxylic acids is 1. The fourth-order valence-corrected chi connectivity index (χ4v) is 1.26. The number of rotatable bonds is 5. The maximum absolute atomic E-state index is 11.9. The number of amides is 1. The molecule has 0 aliphatic rings. The molecule has 1 amide bonds. The summed E-state index contributed by atoms with van der Waals surface area (Å²) in [7, 11) is 0. The second-order valence-electron chi connectivity index (χ2n) is 3.91. The molecule has 0 saturated heterocycles. The number of nitrogens with zero attached hydrogens (tertiary/aromatic N) is 3. The lowest BCUT2D eigenvalue weighted by Gasteiger charge is -2.15. The molecule has 0 aliphatic heterocycles. The Bertz CT molecular complexity index is 413. The molecule has 0 saturated carbocycles. The highest BCUT2D eigenvalue weighted by Crippen LogP contribution is 2.08. The van der Waals surface area contributed by atoms with E-state index in [1.54, 1.807) is 6.92 Å². The molecule has 2 N–H and O–H groups in total. The highest BCUT2D eigenvalue weighted by molar-refractivity contribution is 5.92. The van der Waals surface area contributed by atoms with Crippen LogP contribution < -0.4 is 0 Å². The quantitative estimate of drug-likeness (QED) is 0.779. The number of carboxylic acid groups (broad SMARTS) is 1. The Morgan fingerprint density at radius 1 is 1.47 bits per heavy atom. The molecule has 1 aromatic heterocycles. The molecule has 0 aliphatic carbocycles. The van der Waals surface area contributed by atoms with Crippen LogP contribution in [0.4, 0.5) is 0 Å². The summed E-state index contributed by atoms with van der Waals surface area (Å²) in [5.74, 6) is -0.770. The smallest absolute Gasteiger partial charge is 0.323 e. The summed E-state index contributed by atoms with van der Waals surface area (Å²) in [4.78, 5) is 27.7. The molecule has 17 heavy (non-hydrogen) atoms. The van der Waals surface area contributed by atoms with E-state index in [0.29, 0.717) is 12.4 Å². The fourth-order valence-electron chi connectivity index (χ4n) is 1.26. The van der Waals surface area contributed by atoms with E-state index < -0.39 is 11.9 Å². The third kappa shape index (κ3) is 3.27. The second-order valence-corrected chi connectivity index (χ2v) is 3.91. The van der Waals surface area contributed by atoms with Crippen LogP contribution in [0.15, 0.2) is 0 Å². The number of aromatic nitrogens is 3. The summed E-state index contributed by atoms with van der Waals surface area (Å²) in [6.45, 7) is 5.50. The molecule has 0 radical (unpaired) electrons. The zero-order chi connectivity index (χ0) is 13.0.